The number of amides is 1. The van der Waals surface area contributed by atoms with Crippen molar-refractivity contribution >= 4 is 27.3 Å². The molecule has 1 amide bonds. The number of carbonyl (C=O) groups is 1. The molecule has 1 aliphatic heterocycles. The largest absolute Gasteiger partial charge is 0.471 e. The lowest BCUT2D eigenvalue weighted by Gasteiger charge is -2.23. The van der Waals surface area contributed by atoms with Crippen molar-refractivity contribution in [2.75, 3.05) is 13.1 Å². The number of rotatable bonds is 4. The molecule has 6 nitrogen and oxygen atoms in total. The highest BCUT2D eigenvalue weighted by atomic mass is 32.1. The van der Waals surface area contributed by atoms with Gasteiger partial charge >= 0.3 is 0 Å². The predicted molar refractivity (Wildman–Crippen MR) is 97.8 cm³/mol. The number of hydrogen-bond acceptors (Lipinski definition) is 6. The van der Waals surface area contributed by atoms with E-state index in [2.05, 4.69) is 15.5 Å². The minimum Gasteiger partial charge on any atom is -0.471 e. The Bertz CT molecular complexity index is 969. The molecule has 0 spiro atoms. The highest BCUT2D eigenvalue weighted by Crippen LogP contribution is 2.38. The molecule has 1 aromatic carbocycles. The van der Waals surface area contributed by atoms with Crippen molar-refractivity contribution in [3.05, 3.63) is 41.8 Å². The van der Waals surface area contributed by atoms with Gasteiger partial charge in [-0.25, -0.2) is 4.39 Å². The van der Waals surface area contributed by atoms with Crippen LogP contribution in [0.15, 0.2) is 30.3 Å². The van der Waals surface area contributed by atoms with E-state index >= 15 is 0 Å². The van der Waals surface area contributed by atoms with E-state index in [1.807, 2.05) is 12.1 Å². The quantitative estimate of drug-likeness (QED) is 0.735. The van der Waals surface area contributed by atoms with Gasteiger partial charge in [0.25, 0.3) is 5.91 Å². The van der Waals surface area contributed by atoms with Crippen LogP contribution >= 0.6 is 11.3 Å². The van der Waals surface area contributed by atoms with Crippen LogP contribution in [-0.4, -0.2) is 35.3 Å². The predicted octanol–water partition coefficient (Wildman–Crippen LogP) is 2.73. The number of ether oxygens (including phenoxy) is 1. The van der Waals surface area contributed by atoms with Crippen LogP contribution in [0, 0.1) is 5.82 Å². The Kier molecular flexibility index (Phi) is 4.52. The fourth-order valence-corrected chi connectivity index (χ4v) is 4.17. The Hall–Kier alpha value is -2.58. The van der Waals surface area contributed by atoms with E-state index in [0.29, 0.717) is 21.5 Å². The van der Waals surface area contributed by atoms with Crippen molar-refractivity contribution in [2.45, 2.75) is 18.9 Å². The first kappa shape index (κ1) is 16.9. The molecule has 2 aromatic heterocycles. The zero-order valence-corrected chi connectivity index (χ0v) is 14.7. The molecule has 134 valence electrons. The summed E-state index contributed by atoms with van der Waals surface area (Å²) in [6.45, 7) is 1.71. The smallest absolute Gasteiger partial charge is 0.270 e. The fraction of sp³-hybridized carbons (Fsp3) is 0.278. The molecule has 3 heterocycles. The Balaban J connectivity index is 1.80. The van der Waals surface area contributed by atoms with Crippen LogP contribution in [0.25, 0.3) is 20.5 Å². The summed E-state index contributed by atoms with van der Waals surface area (Å²) in [4.78, 5) is 12.5. The number of piperidine rings is 1. The molecule has 1 atom stereocenters. The maximum Gasteiger partial charge on any atom is 0.270 e. The number of nitrogens with two attached hydrogens (primary N) is 1. The van der Waals surface area contributed by atoms with Gasteiger partial charge in [0.05, 0.1) is 10.1 Å². The van der Waals surface area contributed by atoms with Crippen molar-refractivity contribution in [3.8, 4) is 16.3 Å². The van der Waals surface area contributed by atoms with Crippen LogP contribution in [0.3, 0.4) is 0 Å². The van der Waals surface area contributed by atoms with E-state index in [-0.39, 0.29) is 17.6 Å². The van der Waals surface area contributed by atoms with Crippen LogP contribution in [0.2, 0.25) is 0 Å². The molecule has 8 heteroatoms. The molecule has 1 aliphatic rings. The van der Waals surface area contributed by atoms with Crippen molar-refractivity contribution in [2.24, 2.45) is 5.73 Å². The van der Waals surface area contributed by atoms with Gasteiger partial charge in [-0.15, -0.1) is 21.5 Å². The highest BCUT2D eigenvalue weighted by Gasteiger charge is 2.22. The van der Waals surface area contributed by atoms with E-state index in [9.17, 15) is 9.18 Å². The van der Waals surface area contributed by atoms with E-state index in [1.54, 1.807) is 6.07 Å². The summed E-state index contributed by atoms with van der Waals surface area (Å²) in [5.41, 5.74) is 6.25. The van der Waals surface area contributed by atoms with Gasteiger partial charge in [0.1, 0.15) is 11.9 Å². The van der Waals surface area contributed by atoms with Gasteiger partial charge in [0, 0.05) is 11.4 Å². The molecular weight excluding hydrogens is 355 g/mol. The van der Waals surface area contributed by atoms with Crippen LogP contribution in [-0.2, 0) is 0 Å². The second-order valence-corrected chi connectivity index (χ2v) is 7.22. The number of primary amides is 1. The average molecular weight is 372 g/mol. The topological polar surface area (TPSA) is 90.1 Å². The van der Waals surface area contributed by atoms with Gasteiger partial charge in [-0.3, -0.25) is 4.79 Å². The minimum absolute atomic E-state index is 0.00167. The molecule has 0 radical (unpaired) electrons. The van der Waals surface area contributed by atoms with Gasteiger partial charge in [0.15, 0.2) is 5.69 Å². The van der Waals surface area contributed by atoms with Crippen molar-refractivity contribution in [1.82, 2.24) is 15.5 Å². The standard InChI is InChI=1S/C18H17FN4O2S/c19-11-4-1-3-10(7-11)14-8-13-16(26-14)15(17(20)24)22-23-18(13)25-12-5-2-6-21-9-12/h1,3-4,7-8,12,21H,2,5-6,9H2,(H2,20,24). The fourth-order valence-electron chi connectivity index (χ4n) is 3.03. The van der Waals surface area contributed by atoms with Crippen LogP contribution in [0.5, 0.6) is 5.88 Å². The summed E-state index contributed by atoms with van der Waals surface area (Å²) < 4.78 is 20.2. The van der Waals surface area contributed by atoms with Crippen molar-refractivity contribution in [3.63, 3.8) is 0 Å². The number of halogens is 1. The second kappa shape index (κ2) is 6.97. The maximum atomic E-state index is 13.6. The van der Waals surface area contributed by atoms with Gasteiger partial charge in [-0.2, -0.15) is 0 Å². The summed E-state index contributed by atoms with van der Waals surface area (Å²) in [5.74, 6) is -0.602. The zero-order valence-electron chi connectivity index (χ0n) is 13.9. The first-order chi connectivity index (χ1) is 12.6. The molecule has 1 fully saturated rings. The number of aromatic nitrogens is 2. The molecule has 0 aliphatic carbocycles. The first-order valence-corrected chi connectivity index (χ1v) is 9.17. The zero-order chi connectivity index (χ0) is 18.1. The third-order valence-corrected chi connectivity index (χ3v) is 5.48. The number of hydrogen-bond donors (Lipinski definition) is 2. The number of benzene rings is 1. The first-order valence-electron chi connectivity index (χ1n) is 8.35. The van der Waals surface area contributed by atoms with Gasteiger partial charge < -0.3 is 15.8 Å². The maximum absolute atomic E-state index is 13.6. The Morgan fingerprint density at radius 3 is 2.96 bits per heavy atom. The van der Waals surface area contributed by atoms with Crippen LogP contribution in [0.4, 0.5) is 4.39 Å². The molecule has 4 rings (SSSR count). The molecule has 26 heavy (non-hydrogen) atoms. The lowest BCUT2D eigenvalue weighted by atomic mass is 10.1. The molecule has 0 bridgehead atoms. The number of nitrogens with zero attached hydrogens (tertiary/aromatic N) is 2. The molecule has 3 aromatic rings. The second-order valence-electron chi connectivity index (χ2n) is 6.17. The number of nitrogens with one attached hydrogen (secondary N) is 1. The monoisotopic (exact) mass is 372 g/mol. The number of carbonyl (C=O) groups excluding carboxylic acids is 1. The third kappa shape index (κ3) is 3.25. The average Bonchev–Trinajstić information content (AvgIpc) is 3.08. The van der Waals surface area contributed by atoms with Gasteiger partial charge in [0.2, 0.25) is 5.88 Å². The SMILES string of the molecule is NC(=O)c1nnc(OC2CCCNC2)c2cc(-c3cccc(F)c3)sc12. The normalized spacial score (nSPS) is 17.3. The van der Waals surface area contributed by atoms with Crippen molar-refractivity contribution in [1.29, 1.82) is 0 Å². The Morgan fingerprint density at radius 2 is 2.23 bits per heavy atom. The molecule has 0 saturated carbocycles. The summed E-state index contributed by atoms with van der Waals surface area (Å²) in [6, 6.07) is 8.14. The van der Waals surface area contributed by atoms with E-state index in [1.165, 1.54) is 23.5 Å². The van der Waals surface area contributed by atoms with Gasteiger partial charge in [-0.1, -0.05) is 12.1 Å². The Morgan fingerprint density at radius 1 is 1.35 bits per heavy atom. The summed E-state index contributed by atoms with van der Waals surface area (Å²) in [6.07, 6.45) is 1.95. The Labute approximate surface area is 153 Å². The van der Waals surface area contributed by atoms with Crippen molar-refractivity contribution < 1.29 is 13.9 Å². The van der Waals surface area contributed by atoms with E-state index in [4.69, 9.17) is 10.5 Å². The molecule has 3 N–H and O–H groups in total. The lowest BCUT2D eigenvalue weighted by Crippen LogP contribution is -2.37. The molecular formula is C18H17FN4O2S. The van der Waals surface area contributed by atoms with Crippen LogP contribution in [0.1, 0.15) is 23.3 Å². The lowest BCUT2D eigenvalue weighted by molar-refractivity contribution is 0.0996. The summed E-state index contributed by atoms with van der Waals surface area (Å²) in [7, 11) is 0. The number of fused-ring (bicyclic) bond motifs is 1. The summed E-state index contributed by atoms with van der Waals surface area (Å²) in [5, 5.41) is 12.0. The van der Waals surface area contributed by atoms with E-state index in [0.717, 1.165) is 30.8 Å². The van der Waals surface area contributed by atoms with Gasteiger partial charge in [-0.05, 0) is 43.1 Å². The third-order valence-electron chi connectivity index (χ3n) is 4.29. The number of thiophene rings is 1. The summed E-state index contributed by atoms with van der Waals surface area (Å²) >= 11 is 1.32. The van der Waals surface area contributed by atoms with E-state index < -0.39 is 5.91 Å². The highest BCUT2D eigenvalue weighted by molar-refractivity contribution is 7.22. The minimum atomic E-state index is -0.652. The molecule has 1 unspecified atom stereocenters. The van der Waals surface area contributed by atoms with Crippen LogP contribution < -0.4 is 15.8 Å². The molecule has 1 saturated heterocycles.